The molecule has 0 radical (unpaired) electrons. The molecule has 0 unspecified atom stereocenters. The van der Waals surface area contributed by atoms with E-state index in [-0.39, 0.29) is 25.3 Å². The van der Waals surface area contributed by atoms with E-state index in [0.29, 0.717) is 75.0 Å². The van der Waals surface area contributed by atoms with Crippen LogP contribution >= 0.6 is 0 Å². The fourth-order valence-corrected chi connectivity index (χ4v) is 5.35. The minimum Gasteiger partial charge on any atom is -0.493 e. The largest absolute Gasteiger partial charge is 0.493 e. The summed E-state index contributed by atoms with van der Waals surface area (Å²) < 4.78 is 21.8. The molecule has 2 fully saturated rings. The lowest BCUT2D eigenvalue weighted by Gasteiger charge is -2.42. The molecule has 0 bridgehead atoms. The van der Waals surface area contributed by atoms with Crippen molar-refractivity contribution in [2.24, 2.45) is 0 Å². The minimum atomic E-state index is -0.831. The average molecular weight is 497 g/mol. The standard InChI is InChI=1S/C26H32N4O6/c1-33-13-5-10-30-25(32)29(17-20-6-3-4-9-27-20)24(31)26(30)7-11-28(12-8-26)16-19-14-21(34-2)23-22(15-19)35-18-36-23/h3-4,6,9,14-15H,5,7-8,10-13,16-18H2,1-2H3. The van der Waals surface area contributed by atoms with Gasteiger partial charge >= 0.3 is 6.03 Å². The number of likely N-dealkylation sites (tertiary alicyclic amines) is 1. The van der Waals surface area contributed by atoms with E-state index in [4.69, 9.17) is 18.9 Å². The molecule has 1 aromatic carbocycles. The Balaban J connectivity index is 1.31. The lowest BCUT2D eigenvalue weighted by molar-refractivity contribution is -0.136. The number of urea groups is 1. The van der Waals surface area contributed by atoms with Gasteiger partial charge in [-0.1, -0.05) is 6.07 Å². The molecular formula is C26H32N4O6. The third-order valence-corrected chi connectivity index (χ3v) is 7.21. The number of piperidine rings is 1. The number of carbonyl (C=O) groups excluding carboxylic acids is 2. The van der Waals surface area contributed by atoms with Crippen molar-refractivity contribution in [3.05, 3.63) is 47.8 Å². The first-order chi connectivity index (χ1) is 17.6. The van der Waals surface area contributed by atoms with Crippen LogP contribution in [0.2, 0.25) is 0 Å². The van der Waals surface area contributed by atoms with Crippen molar-refractivity contribution in [1.29, 1.82) is 0 Å². The zero-order chi connectivity index (χ0) is 25.1. The summed E-state index contributed by atoms with van der Waals surface area (Å²) in [6.07, 6.45) is 3.50. The number of ether oxygens (including phenoxy) is 4. The van der Waals surface area contributed by atoms with Gasteiger partial charge in [-0.2, -0.15) is 0 Å². The van der Waals surface area contributed by atoms with Crippen molar-refractivity contribution >= 4 is 11.9 Å². The van der Waals surface area contributed by atoms with Crippen LogP contribution in [0.3, 0.4) is 0 Å². The Hall–Kier alpha value is -3.37. The first-order valence-electron chi connectivity index (χ1n) is 12.3. The highest BCUT2D eigenvalue weighted by Crippen LogP contribution is 2.43. The first-order valence-corrected chi connectivity index (χ1v) is 12.3. The van der Waals surface area contributed by atoms with Gasteiger partial charge in [-0.05, 0) is 49.1 Å². The molecule has 192 valence electrons. The first kappa shape index (κ1) is 24.3. The maximum atomic E-state index is 13.8. The number of benzene rings is 1. The third-order valence-electron chi connectivity index (χ3n) is 7.21. The summed E-state index contributed by atoms with van der Waals surface area (Å²) in [5, 5.41) is 0. The van der Waals surface area contributed by atoms with E-state index >= 15 is 0 Å². The number of fused-ring (bicyclic) bond motifs is 1. The molecule has 0 saturated carbocycles. The summed E-state index contributed by atoms with van der Waals surface area (Å²) >= 11 is 0. The van der Waals surface area contributed by atoms with E-state index in [1.807, 2.05) is 30.3 Å². The quantitative estimate of drug-likeness (QED) is 0.386. The molecule has 36 heavy (non-hydrogen) atoms. The van der Waals surface area contributed by atoms with Crippen molar-refractivity contribution in [3.8, 4) is 17.2 Å². The van der Waals surface area contributed by atoms with Crippen molar-refractivity contribution in [3.63, 3.8) is 0 Å². The van der Waals surface area contributed by atoms with Gasteiger partial charge in [0.25, 0.3) is 5.91 Å². The Morgan fingerprint density at radius 1 is 1.08 bits per heavy atom. The highest BCUT2D eigenvalue weighted by molar-refractivity contribution is 6.07. The fraction of sp³-hybridized carbons (Fsp3) is 0.500. The monoisotopic (exact) mass is 496 g/mol. The van der Waals surface area contributed by atoms with Crippen molar-refractivity contribution < 1.29 is 28.5 Å². The zero-order valence-corrected chi connectivity index (χ0v) is 20.8. The predicted octanol–water partition coefficient (Wildman–Crippen LogP) is 2.65. The van der Waals surface area contributed by atoms with Crippen LogP contribution in [-0.4, -0.2) is 84.4 Å². The summed E-state index contributed by atoms with van der Waals surface area (Å²) in [4.78, 5) is 37.0. The Morgan fingerprint density at radius 2 is 1.92 bits per heavy atom. The van der Waals surface area contributed by atoms with Gasteiger partial charge in [0, 0.05) is 46.1 Å². The second kappa shape index (κ2) is 10.3. The van der Waals surface area contributed by atoms with Crippen LogP contribution in [0, 0.1) is 0 Å². The highest BCUT2D eigenvalue weighted by atomic mass is 16.7. The Bertz CT molecular complexity index is 1100. The molecule has 10 nitrogen and oxygen atoms in total. The fourth-order valence-electron chi connectivity index (χ4n) is 5.35. The molecule has 5 rings (SSSR count). The van der Waals surface area contributed by atoms with Crippen LogP contribution < -0.4 is 14.2 Å². The van der Waals surface area contributed by atoms with Crippen molar-refractivity contribution in [2.45, 2.75) is 37.9 Å². The number of pyridine rings is 1. The molecule has 2 aromatic rings. The lowest BCUT2D eigenvalue weighted by atomic mass is 9.85. The minimum absolute atomic E-state index is 0.125. The van der Waals surface area contributed by atoms with E-state index < -0.39 is 5.54 Å². The number of rotatable bonds is 9. The summed E-state index contributed by atoms with van der Waals surface area (Å²) in [5.41, 5.74) is 0.916. The maximum absolute atomic E-state index is 13.8. The molecule has 3 aliphatic rings. The number of carbonyl (C=O) groups is 2. The van der Waals surface area contributed by atoms with E-state index in [2.05, 4.69) is 9.88 Å². The van der Waals surface area contributed by atoms with Crippen molar-refractivity contribution in [1.82, 2.24) is 19.7 Å². The van der Waals surface area contributed by atoms with Gasteiger partial charge in [-0.3, -0.25) is 19.6 Å². The molecular weight excluding hydrogens is 464 g/mol. The number of methoxy groups -OCH3 is 2. The zero-order valence-electron chi connectivity index (χ0n) is 20.8. The molecule has 1 aromatic heterocycles. The maximum Gasteiger partial charge on any atom is 0.328 e. The molecule has 0 aliphatic carbocycles. The summed E-state index contributed by atoms with van der Waals surface area (Å²) in [5.74, 6) is 1.84. The van der Waals surface area contributed by atoms with E-state index in [1.165, 1.54) is 4.90 Å². The SMILES string of the molecule is COCCCN1C(=O)N(Cc2ccccn2)C(=O)C12CCN(Cc1cc(OC)c3c(c1)OCO3)CC2. The molecule has 3 amide bonds. The van der Waals surface area contributed by atoms with Crippen molar-refractivity contribution in [2.75, 3.05) is 47.3 Å². The third kappa shape index (κ3) is 4.46. The molecule has 0 atom stereocenters. The molecule has 1 spiro atoms. The van der Waals surface area contributed by atoms with E-state index in [1.54, 1.807) is 25.3 Å². The van der Waals surface area contributed by atoms with Gasteiger partial charge < -0.3 is 23.8 Å². The highest BCUT2D eigenvalue weighted by Gasteiger charge is 2.57. The van der Waals surface area contributed by atoms with Gasteiger partial charge in [0.2, 0.25) is 12.5 Å². The number of imide groups is 1. The van der Waals surface area contributed by atoms with E-state index in [0.717, 1.165) is 5.56 Å². The predicted molar refractivity (Wildman–Crippen MR) is 130 cm³/mol. The molecule has 10 heteroatoms. The smallest absolute Gasteiger partial charge is 0.328 e. The van der Waals surface area contributed by atoms with Gasteiger partial charge in [-0.25, -0.2) is 4.79 Å². The van der Waals surface area contributed by atoms with Crippen LogP contribution in [0.25, 0.3) is 0 Å². The van der Waals surface area contributed by atoms with Gasteiger partial charge in [0.1, 0.15) is 5.54 Å². The molecule has 4 heterocycles. The van der Waals surface area contributed by atoms with Gasteiger partial charge in [-0.15, -0.1) is 0 Å². The van der Waals surface area contributed by atoms with Crippen LogP contribution in [0.4, 0.5) is 4.79 Å². The Kier molecular flexibility index (Phi) is 6.97. The van der Waals surface area contributed by atoms with E-state index in [9.17, 15) is 9.59 Å². The summed E-state index contributed by atoms with van der Waals surface area (Å²) in [6, 6.07) is 9.22. The summed E-state index contributed by atoms with van der Waals surface area (Å²) in [7, 11) is 3.26. The molecule has 0 N–H and O–H groups in total. The number of hydrogen-bond donors (Lipinski definition) is 0. The second-order valence-electron chi connectivity index (χ2n) is 9.33. The summed E-state index contributed by atoms with van der Waals surface area (Å²) in [6.45, 7) is 3.45. The van der Waals surface area contributed by atoms with Crippen LogP contribution in [0.15, 0.2) is 36.5 Å². The average Bonchev–Trinajstić information content (AvgIpc) is 3.44. The van der Waals surface area contributed by atoms with Gasteiger partial charge in [0.15, 0.2) is 11.5 Å². The Morgan fingerprint density at radius 3 is 2.64 bits per heavy atom. The van der Waals surface area contributed by atoms with Crippen LogP contribution in [0.5, 0.6) is 17.2 Å². The number of hydrogen-bond acceptors (Lipinski definition) is 8. The van der Waals surface area contributed by atoms with Gasteiger partial charge in [0.05, 0.1) is 19.3 Å². The second-order valence-corrected chi connectivity index (χ2v) is 9.33. The van der Waals surface area contributed by atoms with Crippen LogP contribution in [-0.2, 0) is 22.6 Å². The Labute approximate surface area is 210 Å². The molecule has 2 saturated heterocycles. The number of amides is 3. The normalized spacial score (nSPS) is 18.9. The number of aromatic nitrogens is 1. The topological polar surface area (TPSA) is 93.7 Å². The van der Waals surface area contributed by atoms with Crippen LogP contribution in [0.1, 0.15) is 30.5 Å². The lowest BCUT2D eigenvalue weighted by Crippen LogP contribution is -2.56. The molecule has 3 aliphatic heterocycles. The number of nitrogens with zero attached hydrogens (tertiary/aromatic N) is 4.